The topological polar surface area (TPSA) is 84.2 Å². The number of rotatable bonds is 5. The molecule has 3 heterocycles. The van der Waals surface area contributed by atoms with E-state index in [0.29, 0.717) is 19.5 Å². The largest absolute Gasteiger partial charge is 0.281 e. The van der Waals surface area contributed by atoms with Crippen LogP contribution in [-0.2, 0) is 23.7 Å². The lowest BCUT2D eigenvalue weighted by Gasteiger charge is -2.20. The van der Waals surface area contributed by atoms with Crippen LogP contribution >= 0.6 is 0 Å². The third kappa shape index (κ3) is 3.33. The van der Waals surface area contributed by atoms with E-state index in [1.165, 1.54) is 8.61 Å². The zero-order valence-corrected chi connectivity index (χ0v) is 14.9. The molecule has 1 atom stereocenters. The predicted octanol–water partition coefficient (Wildman–Crippen LogP) is 0.548. The maximum Gasteiger partial charge on any atom is 0.281 e. The van der Waals surface area contributed by atoms with Gasteiger partial charge in [0.25, 0.3) is 10.2 Å². The molecular weight excluding hydrogens is 328 g/mol. The van der Waals surface area contributed by atoms with Gasteiger partial charge in [-0.2, -0.15) is 22.1 Å². The first kappa shape index (κ1) is 17.0. The zero-order valence-electron chi connectivity index (χ0n) is 14.1. The van der Waals surface area contributed by atoms with Crippen molar-refractivity contribution in [1.82, 2.24) is 28.4 Å². The van der Waals surface area contributed by atoms with Gasteiger partial charge in [0.2, 0.25) is 0 Å². The molecule has 0 unspecified atom stereocenters. The van der Waals surface area contributed by atoms with Crippen LogP contribution in [0.4, 0.5) is 0 Å². The van der Waals surface area contributed by atoms with Crippen molar-refractivity contribution in [2.45, 2.75) is 12.8 Å². The molecule has 0 aliphatic carbocycles. The van der Waals surface area contributed by atoms with Crippen molar-refractivity contribution >= 4 is 10.2 Å². The first-order valence-corrected chi connectivity index (χ1v) is 9.24. The Labute approximate surface area is 142 Å². The number of hydrogen-bond acceptors (Lipinski definition) is 5. The third-order valence-electron chi connectivity index (χ3n) is 4.27. The van der Waals surface area contributed by atoms with Gasteiger partial charge in [0, 0.05) is 58.4 Å². The van der Waals surface area contributed by atoms with Crippen LogP contribution in [0.25, 0.3) is 11.3 Å². The summed E-state index contributed by atoms with van der Waals surface area (Å²) in [5.41, 5.74) is 2.63. The van der Waals surface area contributed by atoms with E-state index in [2.05, 4.69) is 15.1 Å². The van der Waals surface area contributed by atoms with Crippen LogP contribution in [0.5, 0.6) is 0 Å². The van der Waals surface area contributed by atoms with E-state index in [1.807, 2.05) is 13.2 Å². The van der Waals surface area contributed by atoms with Gasteiger partial charge >= 0.3 is 0 Å². The number of aromatic nitrogens is 4. The smallest absolute Gasteiger partial charge is 0.275 e. The Balaban J connectivity index is 1.77. The van der Waals surface area contributed by atoms with Gasteiger partial charge in [-0.15, -0.1) is 0 Å². The predicted molar refractivity (Wildman–Crippen MR) is 90.2 cm³/mol. The molecule has 0 saturated carbocycles. The fourth-order valence-electron chi connectivity index (χ4n) is 2.98. The second-order valence-electron chi connectivity index (χ2n) is 6.26. The van der Waals surface area contributed by atoms with Crippen molar-refractivity contribution in [3.8, 4) is 11.3 Å². The summed E-state index contributed by atoms with van der Waals surface area (Å²) in [6, 6.07) is 0. The van der Waals surface area contributed by atoms with Crippen LogP contribution in [0.2, 0.25) is 0 Å². The summed E-state index contributed by atoms with van der Waals surface area (Å²) < 4.78 is 29.0. The van der Waals surface area contributed by atoms with E-state index in [0.717, 1.165) is 23.4 Å². The molecule has 1 aliphatic heterocycles. The monoisotopic (exact) mass is 350 g/mol. The Morgan fingerprint density at radius 2 is 2.04 bits per heavy atom. The molecule has 1 aliphatic rings. The molecule has 3 rings (SSSR count). The number of hydrogen-bond donors (Lipinski definition) is 0. The standard InChI is InChI=1S/C15H22N6O2S/c1-19(2)24(22,23)21-7-4-12(10-21)8-14-15(17-6-5-16-14)13-9-18-20(3)11-13/h5-6,9,11-12H,4,7-8,10H2,1-3H3/t12-/m1/s1. The minimum atomic E-state index is -3.34. The first-order valence-electron chi connectivity index (χ1n) is 7.84. The molecule has 0 aromatic carbocycles. The van der Waals surface area contributed by atoms with Crippen LogP contribution in [0, 0.1) is 5.92 Å². The molecule has 0 spiro atoms. The quantitative estimate of drug-likeness (QED) is 0.786. The van der Waals surface area contributed by atoms with Crippen LogP contribution < -0.4 is 0 Å². The lowest BCUT2D eigenvalue weighted by molar-refractivity contribution is 0.409. The normalized spacial score (nSPS) is 19.2. The first-order chi connectivity index (χ1) is 11.4. The summed E-state index contributed by atoms with van der Waals surface area (Å²) in [5, 5.41) is 4.19. The van der Waals surface area contributed by atoms with Gasteiger partial charge < -0.3 is 0 Å². The van der Waals surface area contributed by atoms with Crippen molar-refractivity contribution < 1.29 is 8.42 Å². The van der Waals surface area contributed by atoms with E-state index in [1.54, 1.807) is 37.4 Å². The molecule has 0 bridgehead atoms. The van der Waals surface area contributed by atoms with E-state index in [-0.39, 0.29) is 5.92 Å². The maximum absolute atomic E-state index is 12.2. The third-order valence-corrected chi connectivity index (χ3v) is 6.18. The van der Waals surface area contributed by atoms with Gasteiger partial charge in [-0.3, -0.25) is 14.6 Å². The minimum absolute atomic E-state index is 0.242. The number of aryl methyl sites for hydroxylation is 1. The molecule has 9 heteroatoms. The Bertz CT molecular complexity index is 817. The molecular formula is C15H22N6O2S. The molecule has 0 radical (unpaired) electrons. The van der Waals surface area contributed by atoms with Gasteiger partial charge in [-0.25, -0.2) is 0 Å². The van der Waals surface area contributed by atoms with E-state index in [9.17, 15) is 8.42 Å². The molecule has 1 saturated heterocycles. The van der Waals surface area contributed by atoms with Crippen LogP contribution in [0.15, 0.2) is 24.8 Å². The van der Waals surface area contributed by atoms with Gasteiger partial charge in [0.1, 0.15) is 0 Å². The lowest BCUT2D eigenvalue weighted by Crippen LogP contribution is -2.38. The Morgan fingerprint density at radius 1 is 1.29 bits per heavy atom. The zero-order chi connectivity index (χ0) is 17.3. The Kier molecular flexibility index (Phi) is 4.66. The summed E-state index contributed by atoms with van der Waals surface area (Å²) >= 11 is 0. The minimum Gasteiger partial charge on any atom is -0.275 e. The molecule has 2 aromatic rings. The molecule has 1 fully saturated rings. The summed E-state index contributed by atoms with van der Waals surface area (Å²) in [6.07, 6.45) is 8.56. The van der Waals surface area contributed by atoms with Gasteiger partial charge in [-0.05, 0) is 18.8 Å². The van der Waals surface area contributed by atoms with Crippen molar-refractivity contribution in [1.29, 1.82) is 0 Å². The van der Waals surface area contributed by atoms with Crippen molar-refractivity contribution in [2.75, 3.05) is 27.2 Å². The number of nitrogens with zero attached hydrogens (tertiary/aromatic N) is 6. The van der Waals surface area contributed by atoms with E-state index >= 15 is 0 Å². The summed E-state index contributed by atoms with van der Waals surface area (Å²) in [4.78, 5) is 8.92. The van der Waals surface area contributed by atoms with Crippen molar-refractivity contribution in [3.05, 3.63) is 30.5 Å². The summed E-state index contributed by atoms with van der Waals surface area (Å²) in [5.74, 6) is 0.242. The van der Waals surface area contributed by atoms with E-state index in [4.69, 9.17) is 0 Å². The van der Waals surface area contributed by atoms with Crippen LogP contribution in [0.1, 0.15) is 12.1 Å². The maximum atomic E-state index is 12.2. The van der Waals surface area contributed by atoms with Gasteiger partial charge in [0.15, 0.2) is 0 Å². The Hall–Kier alpha value is -1.84. The molecule has 0 N–H and O–H groups in total. The second kappa shape index (κ2) is 6.58. The van der Waals surface area contributed by atoms with Gasteiger partial charge in [0.05, 0.1) is 17.6 Å². The molecule has 8 nitrogen and oxygen atoms in total. The van der Waals surface area contributed by atoms with Gasteiger partial charge in [-0.1, -0.05) is 0 Å². The highest BCUT2D eigenvalue weighted by molar-refractivity contribution is 7.86. The lowest BCUT2D eigenvalue weighted by atomic mass is 10.00. The second-order valence-corrected chi connectivity index (χ2v) is 8.40. The highest BCUT2D eigenvalue weighted by Crippen LogP contribution is 2.27. The van der Waals surface area contributed by atoms with Crippen molar-refractivity contribution in [2.24, 2.45) is 13.0 Å². The molecule has 2 aromatic heterocycles. The fraction of sp³-hybridized carbons (Fsp3) is 0.533. The Morgan fingerprint density at radius 3 is 2.71 bits per heavy atom. The average molecular weight is 350 g/mol. The SMILES string of the molecule is CN(C)S(=O)(=O)N1CC[C@H](Cc2nccnc2-c2cnn(C)c2)C1. The van der Waals surface area contributed by atoms with Crippen LogP contribution in [0.3, 0.4) is 0 Å². The summed E-state index contributed by atoms with van der Waals surface area (Å²) in [7, 11) is 1.64. The highest BCUT2D eigenvalue weighted by atomic mass is 32.2. The molecule has 24 heavy (non-hydrogen) atoms. The molecule has 0 amide bonds. The molecule has 130 valence electrons. The van der Waals surface area contributed by atoms with Crippen molar-refractivity contribution in [3.63, 3.8) is 0 Å². The van der Waals surface area contributed by atoms with E-state index < -0.39 is 10.2 Å². The van der Waals surface area contributed by atoms with Crippen LogP contribution in [-0.4, -0.2) is 64.0 Å². The highest BCUT2D eigenvalue weighted by Gasteiger charge is 2.33. The average Bonchev–Trinajstić information content (AvgIpc) is 3.17. The fourth-order valence-corrected chi connectivity index (χ4v) is 4.18. The summed E-state index contributed by atoms with van der Waals surface area (Å²) in [6.45, 7) is 1.07.